The van der Waals surface area contributed by atoms with E-state index in [2.05, 4.69) is 30.4 Å². The average molecular weight is 448 g/mol. The van der Waals surface area contributed by atoms with Gasteiger partial charge in [-0.3, -0.25) is 9.88 Å². The molecule has 0 saturated carbocycles. The largest absolute Gasteiger partial charge is 0.415 e. The Labute approximate surface area is 194 Å². The van der Waals surface area contributed by atoms with E-state index in [0.717, 1.165) is 62.0 Å². The smallest absolute Gasteiger partial charge is 0.268 e. The summed E-state index contributed by atoms with van der Waals surface area (Å²) in [4.78, 5) is 16.1. The fraction of sp³-hybridized carbons (Fsp3) is 0.292. The monoisotopic (exact) mass is 447 g/mol. The molecule has 1 saturated heterocycles. The first-order valence-electron chi connectivity index (χ1n) is 11.0. The first kappa shape index (κ1) is 21.2. The van der Waals surface area contributed by atoms with Gasteiger partial charge < -0.3 is 14.5 Å². The fourth-order valence-electron chi connectivity index (χ4n) is 3.62. The van der Waals surface area contributed by atoms with Crippen LogP contribution in [0.25, 0.3) is 34.3 Å². The molecule has 1 aromatic carbocycles. The molecule has 1 aliphatic heterocycles. The summed E-state index contributed by atoms with van der Waals surface area (Å²) in [6.45, 7) is 7.26. The molecular weight excluding hydrogens is 418 g/mol. The minimum absolute atomic E-state index is 0. The third kappa shape index (κ3) is 5.05. The molecule has 4 aromatic rings. The summed E-state index contributed by atoms with van der Waals surface area (Å²) in [5.41, 5.74) is 3.71. The Morgan fingerprint density at radius 1 is 0.939 bits per heavy atom. The lowest BCUT2D eigenvalue weighted by molar-refractivity contribution is 0.0398. The van der Waals surface area contributed by atoms with E-state index in [1.54, 1.807) is 12.4 Å². The minimum Gasteiger partial charge on any atom is -0.415 e. The number of nitrogens with zero attached hydrogens (tertiary/aromatic N) is 6. The standard InChI is InChI=1S/C24H25N7O2.2H2/c1-17-22(24-30-29-23(33-24)18-5-3-2-4-6-18)28-20(16-26-17)19-7-8-21(27-15-19)25-9-10-31-11-13-32-14-12-31;;/h2-8,15-16H,9-14H2,1H3,(H,25,27);2*1H. The Kier molecular flexibility index (Phi) is 6.32. The van der Waals surface area contributed by atoms with E-state index in [0.29, 0.717) is 23.2 Å². The molecule has 0 amide bonds. The Hall–Kier alpha value is -3.69. The van der Waals surface area contributed by atoms with Crippen molar-refractivity contribution in [2.24, 2.45) is 0 Å². The molecule has 1 N–H and O–H groups in total. The van der Waals surface area contributed by atoms with Gasteiger partial charge in [-0.2, -0.15) is 0 Å². The summed E-state index contributed by atoms with van der Waals surface area (Å²) in [5, 5.41) is 11.7. The predicted octanol–water partition coefficient (Wildman–Crippen LogP) is 3.80. The molecule has 9 nitrogen and oxygen atoms in total. The molecule has 3 aromatic heterocycles. The lowest BCUT2D eigenvalue weighted by Gasteiger charge is -2.26. The van der Waals surface area contributed by atoms with E-state index < -0.39 is 0 Å². The number of rotatable bonds is 7. The van der Waals surface area contributed by atoms with Crippen LogP contribution >= 0.6 is 0 Å². The maximum atomic E-state index is 5.88. The van der Waals surface area contributed by atoms with Crippen molar-refractivity contribution in [3.8, 4) is 34.3 Å². The molecule has 33 heavy (non-hydrogen) atoms. The van der Waals surface area contributed by atoms with Gasteiger partial charge in [-0.1, -0.05) is 18.2 Å². The highest BCUT2D eigenvalue weighted by Gasteiger charge is 2.16. The topological polar surface area (TPSA) is 102 Å². The van der Waals surface area contributed by atoms with Crippen molar-refractivity contribution in [2.75, 3.05) is 44.7 Å². The van der Waals surface area contributed by atoms with Gasteiger partial charge in [-0.05, 0) is 31.2 Å². The lowest BCUT2D eigenvalue weighted by Crippen LogP contribution is -2.39. The number of pyridine rings is 1. The predicted molar refractivity (Wildman–Crippen MR) is 129 cm³/mol. The second kappa shape index (κ2) is 9.85. The zero-order chi connectivity index (χ0) is 22.5. The quantitative estimate of drug-likeness (QED) is 0.453. The van der Waals surface area contributed by atoms with Gasteiger partial charge in [0.15, 0.2) is 0 Å². The van der Waals surface area contributed by atoms with Crippen LogP contribution in [0.5, 0.6) is 0 Å². The van der Waals surface area contributed by atoms with Gasteiger partial charge >= 0.3 is 0 Å². The molecular formula is C24H29N7O2. The first-order valence-corrected chi connectivity index (χ1v) is 11.0. The van der Waals surface area contributed by atoms with Gasteiger partial charge in [-0.25, -0.2) is 9.97 Å². The SMILES string of the molecule is Cc1ncc(-c2ccc(NCCN3CCOCC3)nc2)nc1-c1nnc(-c2ccccc2)o1.[HH].[HH]. The molecule has 5 rings (SSSR count). The third-order valence-corrected chi connectivity index (χ3v) is 5.50. The van der Waals surface area contributed by atoms with Crippen LogP contribution in [0.2, 0.25) is 0 Å². The minimum atomic E-state index is 0. The van der Waals surface area contributed by atoms with Crippen molar-refractivity contribution in [3.05, 3.63) is 60.6 Å². The third-order valence-electron chi connectivity index (χ3n) is 5.50. The van der Waals surface area contributed by atoms with Crippen LogP contribution in [-0.4, -0.2) is 69.4 Å². The van der Waals surface area contributed by atoms with E-state index in [9.17, 15) is 0 Å². The molecule has 9 heteroatoms. The van der Waals surface area contributed by atoms with Crippen LogP contribution in [0.4, 0.5) is 5.82 Å². The van der Waals surface area contributed by atoms with Gasteiger partial charge in [0.2, 0.25) is 5.89 Å². The number of hydrogen-bond acceptors (Lipinski definition) is 9. The average Bonchev–Trinajstić information content (AvgIpc) is 3.36. The van der Waals surface area contributed by atoms with E-state index >= 15 is 0 Å². The Morgan fingerprint density at radius 2 is 1.76 bits per heavy atom. The highest BCUT2D eigenvalue weighted by molar-refractivity contribution is 5.63. The molecule has 0 unspecified atom stereocenters. The van der Waals surface area contributed by atoms with Gasteiger partial charge in [0.1, 0.15) is 11.5 Å². The van der Waals surface area contributed by atoms with Crippen LogP contribution < -0.4 is 5.32 Å². The molecule has 172 valence electrons. The maximum absolute atomic E-state index is 5.88. The molecule has 1 fully saturated rings. The van der Waals surface area contributed by atoms with Crippen LogP contribution in [0.3, 0.4) is 0 Å². The summed E-state index contributed by atoms with van der Waals surface area (Å²) in [7, 11) is 0. The zero-order valence-electron chi connectivity index (χ0n) is 18.4. The number of anilines is 1. The highest BCUT2D eigenvalue weighted by atomic mass is 16.5. The fourth-order valence-corrected chi connectivity index (χ4v) is 3.62. The van der Waals surface area contributed by atoms with Gasteiger partial charge in [0, 0.05) is 46.4 Å². The number of benzene rings is 1. The van der Waals surface area contributed by atoms with Crippen molar-refractivity contribution < 1.29 is 12.0 Å². The number of nitrogens with one attached hydrogen (secondary N) is 1. The molecule has 0 radical (unpaired) electrons. The van der Waals surface area contributed by atoms with Crippen molar-refractivity contribution in [2.45, 2.75) is 6.92 Å². The second-order valence-corrected chi connectivity index (χ2v) is 7.78. The Balaban J connectivity index is 0.00000171. The van der Waals surface area contributed by atoms with E-state index in [1.165, 1.54) is 0 Å². The summed E-state index contributed by atoms with van der Waals surface area (Å²) in [6.07, 6.45) is 3.53. The molecule has 1 aliphatic rings. The number of hydrogen-bond donors (Lipinski definition) is 1. The summed E-state index contributed by atoms with van der Waals surface area (Å²) < 4.78 is 11.3. The molecule has 0 atom stereocenters. The Morgan fingerprint density at radius 3 is 2.55 bits per heavy atom. The van der Waals surface area contributed by atoms with Crippen molar-refractivity contribution >= 4 is 5.82 Å². The lowest BCUT2D eigenvalue weighted by atomic mass is 10.2. The van der Waals surface area contributed by atoms with Gasteiger partial charge in [0.25, 0.3) is 5.89 Å². The van der Waals surface area contributed by atoms with Crippen LogP contribution in [0, 0.1) is 6.92 Å². The highest BCUT2D eigenvalue weighted by Crippen LogP contribution is 2.26. The van der Waals surface area contributed by atoms with Crippen molar-refractivity contribution in [1.29, 1.82) is 0 Å². The molecule has 0 aliphatic carbocycles. The van der Waals surface area contributed by atoms with Crippen LogP contribution in [0.15, 0.2) is 59.3 Å². The van der Waals surface area contributed by atoms with E-state index in [1.807, 2.05) is 49.4 Å². The molecule has 0 bridgehead atoms. The van der Waals surface area contributed by atoms with Crippen molar-refractivity contribution in [3.63, 3.8) is 0 Å². The Bertz CT molecular complexity index is 1200. The summed E-state index contributed by atoms with van der Waals surface area (Å²) >= 11 is 0. The normalized spacial score (nSPS) is 14.3. The van der Waals surface area contributed by atoms with Crippen LogP contribution in [-0.2, 0) is 4.74 Å². The number of morpholine rings is 1. The zero-order valence-corrected chi connectivity index (χ0v) is 18.4. The van der Waals surface area contributed by atoms with Crippen LogP contribution in [0.1, 0.15) is 8.55 Å². The maximum Gasteiger partial charge on any atom is 0.268 e. The first-order chi connectivity index (χ1) is 16.3. The van der Waals surface area contributed by atoms with Gasteiger partial charge in [-0.15, -0.1) is 10.2 Å². The van der Waals surface area contributed by atoms with Gasteiger partial charge in [0.05, 0.1) is 30.8 Å². The number of aromatic nitrogens is 5. The second-order valence-electron chi connectivity index (χ2n) is 7.78. The van der Waals surface area contributed by atoms with E-state index in [-0.39, 0.29) is 2.85 Å². The number of aryl methyl sites for hydroxylation is 1. The van der Waals surface area contributed by atoms with Crippen molar-refractivity contribution in [1.82, 2.24) is 30.0 Å². The molecule has 4 heterocycles. The molecule has 0 spiro atoms. The summed E-state index contributed by atoms with van der Waals surface area (Å²) in [6, 6.07) is 13.6. The number of ether oxygens (including phenoxy) is 1. The summed E-state index contributed by atoms with van der Waals surface area (Å²) in [5.74, 6) is 1.62. The van der Waals surface area contributed by atoms with E-state index in [4.69, 9.17) is 14.1 Å².